The second-order valence-corrected chi connectivity index (χ2v) is 5.03. The number of carbonyl (C=O) groups excluding carboxylic acids is 1. The number of pyridine rings is 1. The highest BCUT2D eigenvalue weighted by Gasteiger charge is 2.17. The Labute approximate surface area is 118 Å². The van der Waals surface area contributed by atoms with Crippen LogP contribution in [0.3, 0.4) is 0 Å². The first kappa shape index (κ1) is 13.6. The summed E-state index contributed by atoms with van der Waals surface area (Å²) in [6.07, 6.45) is 8.14. The molecule has 6 heteroatoms. The van der Waals surface area contributed by atoms with E-state index in [1.54, 1.807) is 19.3 Å². The largest absolute Gasteiger partial charge is 0.276 e. The quantitative estimate of drug-likeness (QED) is 0.641. The third-order valence-electron chi connectivity index (χ3n) is 2.81. The minimum atomic E-state index is -0.242. The summed E-state index contributed by atoms with van der Waals surface area (Å²) in [7, 11) is 1.55. The maximum Gasteiger partial charge on any atom is 0.276 e. The number of fused-ring (bicyclic) bond motifs is 1. The van der Waals surface area contributed by atoms with E-state index in [1.165, 1.54) is 9.36 Å². The first-order valence-electron chi connectivity index (χ1n) is 5.76. The number of carbonyl (C=O) groups is 1. The van der Waals surface area contributed by atoms with Gasteiger partial charge in [-0.15, -0.1) is 12.3 Å². The zero-order valence-electron chi connectivity index (χ0n) is 10.4. The summed E-state index contributed by atoms with van der Waals surface area (Å²) in [6, 6.07) is 1.66. The number of hydrogen-bond donors (Lipinski definition) is 0. The molecule has 0 bridgehead atoms. The second kappa shape index (κ2) is 5.41. The highest BCUT2D eigenvalue weighted by atomic mass is 79.9. The first-order chi connectivity index (χ1) is 9.06. The van der Waals surface area contributed by atoms with Gasteiger partial charge in [-0.1, -0.05) is 0 Å². The van der Waals surface area contributed by atoms with E-state index in [1.807, 2.05) is 0 Å². The zero-order chi connectivity index (χ0) is 14.0. The molecule has 0 aliphatic rings. The third kappa shape index (κ3) is 2.47. The Bertz CT molecular complexity index is 737. The molecular weight excluding hydrogens is 310 g/mol. The zero-order valence-corrected chi connectivity index (χ0v) is 12.0. The molecule has 0 atom stereocenters. The maximum absolute atomic E-state index is 12.1. The number of unbranched alkanes of at least 4 members (excludes halogenated alkanes) is 1. The van der Waals surface area contributed by atoms with Crippen LogP contribution in [0.4, 0.5) is 0 Å². The average Bonchev–Trinajstić information content (AvgIpc) is 2.63. The fourth-order valence-electron chi connectivity index (χ4n) is 1.90. The van der Waals surface area contributed by atoms with E-state index in [9.17, 15) is 9.59 Å². The standard InChI is InChI=1S/C13H12BrN3O2/c1-3-4-5-6-11(18)17-12-10(13(19)16(17)2)7-9(14)8-15-12/h1,7-8H,4-6H2,2H3. The topological polar surface area (TPSA) is 56.9 Å². The van der Waals surface area contributed by atoms with Gasteiger partial charge in [0.2, 0.25) is 5.91 Å². The van der Waals surface area contributed by atoms with Crippen molar-refractivity contribution in [3.05, 3.63) is 27.1 Å². The molecule has 2 rings (SSSR count). The van der Waals surface area contributed by atoms with Gasteiger partial charge >= 0.3 is 0 Å². The molecule has 0 unspecified atom stereocenters. The molecular formula is C13H12BrN3O2. The van der Waals surface area contributed by atoms with Gasteiger partial charge in [0.25, 0.3) is 5.56 Å². The molecule has 0 amide bonds. The monoisotopic (exact) mass is 321 g/mol. The van der Waals surface area contributed by atoms with Crippen molar-refractivity contribution < 1.29 is 4.79 Å². The molecule has 2 aromatic rings. The summed E-state index contributed by atoms with van der Waals surface area (Å²) in [4.78, 5) is 28.3. The van der Waals surface area contributed by atoms with Crippen LogP contribution in [-0.2, 0) is 7.05 Å². The minimum Gasteiger partial charge on any atom is -0.273 e. The van der Waals surface area contributed by atoms with E-state index in [0.717, 1.165) is 0 Å². The van der Waals surface area contributed by atoms with Crippen LogP contribution in [0.5, 0.6) is 0 Å². The Hall–Kier alpha value is -1.87. The summed E-state index contributed by atoms with van der Waals surface area (Å²) < 4.78 is 3.29. The van der Waals surface area contributed by atoms with Gasteiger partial charge in [0.1, 0.15) is 0 Å². The predicted octanol–water partition coefficient (Wildman–Crippen LogP) is 1.94. The SMILES string of the molecule is C#CCCCC(=O)n1c2ncc(Br)cc2c(=O)n1C. The van der Waals surface area contributed by atoms with Crippen LogP contribution in [0.25, 0.3) is 11.0 Å². The Morgan fingerprint density at radius 2 is 2.32 bits per heavy atom. The van der Waals surface area contributed by atoms with Crippen molar-refractivity contribution in [1.82, 2.24) is 14.3 Å². The van der Waals surface area contributed by atoms with Crippen LogP contribution in [0.15, 0.2) is 21.5 Å². The molecule has 0 saturated heterocycles. The van der Waals surface area contributed by atoms with Gasteiger partial charge in [0.05, 0.1) is 5.39 Å². The van der Waals surface area contributed by atoms with Crippen LogP contribution in [0, 0.1) is 12.3 Å². The van der Waals surface area contributed by atoms with Crippen LogP contribution >= 0.6 is 15.9 Å². The molecule has 19 heavy (non-hydrogen) atoms. The van der Waals surface area contributed by atoms with E-state index in [-0.39, 0.29) is 11.5 Å². The maximum atomic E-state index is 12.1. The second-order valence-electron chi connectivity index (χ2n) is 4.12. The number of terminal acetylenes is 1. The molecule has 0 N–H and O–H groups in total. The Morgan fingerprint density at radius 1 is 1.58 bits per heavy atom. The molecule has 0 spiro atoms. The van der Waals surface area contributed by atoms with Crippen molar-refractivity contribution in [2.45, 2.75) is 19.3 Å². The smallest absolute Gasteiger partial charge is 0.273 e. The first-order valence-corrected chi connectivity index (χ1v) is 6.55. The van der Waals surface area contributed by atoms with Gasteiger partial charge in [-0.3, -0.25) is 9.59 Å². The van der Waals surface area contributed by atoms with E-state index in [4.69, 9.17) is 6.42 Å². The molecule has 2 heterocycles. The Morgan fingerprint density at radius 3 is 3.00 bits per heavy atom. The van der Waals surface area contributed by atoms with E-state index < -0.39 is 0 Å². The van der Waals surface area contributed by atoms with Crippen LogP contribution in [0.1, 0.15) is 24.1 Å². The Kier molecular flexibility index (Phi) is 3.86. The molecule has 0 radical (unpaired) electrons. The van der Waals surface area contributed by atoms with Crippen molar-refractivity contribution in [2.75, 3.05) is 0 Å². The summed E-state index contributed by atoms with van der Waals surface area (Å²) in [6.45, 7) is 0. The summed E-state index contributed by atoms with van der Waals surface area (Å²) in [5.41, 5.74) is 0.135. The molecule has 0 aromatic carbocycles. The van der Waals surface area contributed by atoms with Gasteiger partial charge in [-0.25, -0.2) is 9.67 Å². The number of rotatable bonds is 3. The predicted molar refractivity (Wildman–Crippen MR) is 76.0 cm³/mol. The third-order valence-corrected chi connectivity index (χ3v) is 3.24. The van der Waals surface area contributed by atoms with Gasteiger partial charge in [-0.2, -0.15) is 4.68 Å². The molecule has 98 valence electrons. The molecule has 5 nitrogen and oxygen atoms in total. The van der Waals surface area contributed by atoms with Gasteiger partial charge in [0.15, 0.2) is 5.65 Å². The summed E-state index contributed by atoms with van der Waals surface area (Å²) in [5, 5.41) is 0.419. The minimum absolute atomic E-state index is 0.181. The molecule has 2 aromatic heterocycles. The fourth-order valence-corrected chi connectivity index (χ4v) is 2.23. The van der Waals surface area contributed by atoms with Crippen LogP contribution in [0.2, 0.25) is 0 Å². The lowest BCUT2D eigenvalue weighted by Crippen LogP contribution is -2.24. The average molecular weight is 322 g/mol. The van der Waals surface area contributed by atoms with E-state index in [2.05, 4.69) is 26.8 Å². The summed E-state index contributed by atoms with van der Waals surface area (Å²) >= 11 is 3.26. The van der Waals surface area contributed by atoms with Crippen molar-refractivity contribution in [3.8, 4) is 12.3 Å². The normalized spacial score (nSPS) is 10.6. The van der Waals surface area contributed by atoms with Crippen LogP contribution < -0.4 is 5.56 Å². The molecule has 0 aliphatic carbocycles. The number of halogens is 1. The molecule has 0 aliphatic heterocycles. The van der Waals surface area contributed by atoms with Gasteiger partial charge in [0, 0.05) is 30.6 Å². The number of nitrogens with zero attached hydrogens (tertiary/aromatic N) is 3. The fraction of sp³-hybridized carbons (Fsp3) is 0.308. The number of hydrogen-bond acceptors (Lipinski definition) is 3. The lowest BCUT2D eigenvalue weighted by Gasteiger charge is -2.05. The van der Waals surface area contributed by atoms with Gasteiger partial charge < -0.3 is 0 Å². The molecule has 0 fully saturated rings. The lowest BCUT2D eigenvalue weighted by molar-refractivity contribution is 0.0875. The van der Waals surface area contributed by atoms with E-state index >= 15 is 0 Å². The van der Waals surface area contributed by atoms with E-state index in [0.29, 0.717) is 34.8 Å². The summed E-state index contributed by atoms with van der Waals surface area (Å²) in [5.74, 6) is 2.31. The van der Waals surface area contributed by atoms with Crippen molar-refractivity contribution in [2.24, 2.45) is 7.05 Å². The number of aromatic nitrogens is 3. The van der Waals surface area contributed by atoms with Crippen LogP contribution in [-0.4, -0.2) is 20.3 Å². The van der Waals surface area contributed by atoms with Gasteiger partial charge in [-0.05, 0) is 28.4 Å². The van der Waals surface area contributed by atoms with Crippen molar-refractivity contribution in [1.29, 1.82) is 0 Å². The highest BCUT2D eigenvalue weighted by Crippen LogP contribution is 2.15. The highest BCUT2D eigenvalue weighted by molar-refractivity contribution is 9.10. The molecule has 0 saturated carbocycles. The Balaban J connectivity index is 2.49. The van der Waals surface area contributed by atoms with Crippen molar-refractivity contribution >= 4 is 32.9 Å². The van der Waals surface area contributed by atoms with Crippen molar-refractivity contribution in [3.63, 3.8) is 0 Å². The lowest BCUT2D eigenvalue weighted by atomic mass is 10.2.